The third-order valence-corrected chi connectivity index (χ3v) is 2.96. The minimum absolute atomic E-state index is 0.233. The van der Waals surface area contributed by atoms with Crippen LogP contribution in [0.2, 0.25) is 0 Å². The number of benzene rings is 2. The summed E-state index contributed by atoms with van der Waals surface area (Å²) in [5.41, 5.74) is 6.15. The van der Waals surface area contributed by atoms with Crippen LogP contribution in [0.25, 0.3) is 10.9 Å². The molecule has 0 spiro atoms. The highest BCUT2D eigenvalue weighted by atomic mass is 19.4. The van der Waals surface area contributed by atoms with Gasteiger partial charge in [-0.3, -0.25) is 0 Å². The number of nitrogens with two attached hydrogens (primary N) is 1. The molecule has 0 aliphatic rings. The van der Waals surface area contributed by atoms with Crippen LogP contribution in [0.15, 0.2) is 48.7 Å². The van der Waals surface area contributed by atoms with E-state index in [4.69, 9.17) is 10.6 Å². The minimum Gasteiger partial charge on any atom is -0.397 e. The van der Waals surface area contributed by atoms with Gasteiger partial charge in [0.15, 0.2) is 5.75 Å². The first kappa shape index (κ1) is 13.3. The lowest BCUT2D eigenvalue weighted by atomic mass is 10.2. The van der Waals surface area contributed by atoms with Gasteiger partial charge in [-0.1, -0.05) is 17.0 Å². The average Bonchev–Trinajstić information content (AvgIpc) is 2.83. The van der Waals surface area contributed by atoms with Crippen molar-refractivity contribution >= 4 is 16.6 Å². The van der Waals surface area contributed by atoms with Gasteiger partial charge in [0, 0.05) is 5.39 Å². The van der Waals surface area contributed by atoms with E-state index in [1.807, 2.05) is 6.07 Å². The molecule has 3 rings (SSSR count). The number of fused-ring (bicyclic) bond motifs is 1. The highest BCUT2D eigenvalue weighted by molar-refractivity contribution is 5.89. The van der Waals surface area contributed by atoms with Crippen molar-refractivity contribution in [3.05, 3.63) is 54.2 Å². The zero-order chi connectivity index (χ0) is 15.0. The number of hydrogen-bond acceptors (Lipinski definition) is 3. The summed E-state index contributed by atoms with van der Waals surface area (Å²) in [6, 6.07) is 9.64. The SMILES string of the molecule is Nc1cccc2cnn(Oc3ccc(C(F)(F)F)cc3)c12. The molecule has 3 aromatic rings. The number of para-hydroxylation sites is 1. The van der Waals surface area contributed by atoms with Crippen molar-refractivity contribution in [2.45, 2.75) is 6.18 Å². The molecule has 0 atom stereocenters. The van der Waals surface area contributed by atoms with Crippen LogP contribution in [0.3, 0.4) is 0 Å². The number of alkyl halides is 3. The lowest BCUT2D eigenvalue weighted by Crippen LogP contribution is -2.09. The Balaban J connectivity index is 1.92. The van der Waals surface area contributed by atoms with E-state index in [2.05, 4.69) is 5.10 Å². The van der Waals surface area contributed by atoms with Gasteiger partial charge in [0.2, 0.25) is 0 Å². The molecular formula is C14H10F3N3O. The van der Waals surface area contributed by atoms with Crippen LogP contribution in [0.5, 0.6) is 5.75 Å². The molecular weight excluding hydrogens is 283 g/mol. The second-order valence-corrected chi connectivity index (χ2v) is 4.42. The fourth-order valence-corrected chi connectivity index (χ4v) is 1.95. The number of nitrogens with zero attached hydrogens (tertiary/aromatic N) is 2. The van der Waals surface area contributed by atoms with Crippen LogP contribution in [-0.2, 0) is 6.18 Å². The Kier molecular flexibility index (Phi) is 2.97. The number of aromatic nitrogens is 2. The summed E-state index contributed by atoms with van der Waals surface area (Å²) in [6.45, 7) is 0. The van der Waals surface area contributed by atoms with Crippen LogP contribution in [0.4, 0.5) is 18.9 Å². The molecule has 4 nitrogen and oxygen atoms in total. The number of nitrogen functional groups attached to an aromatic ring is 1. The molecule has 0 aliphatic carbocycles. The van der Waals surface area contributed by atoms with Crippen LogP contribution < -0.4 is 10.6 Å². The first-order chi connectivity index (χ1) is 9.95. The monoisotopic (exact) mass is 293 g/mol. The van der Waals surface area contributed by atoms with Crippen LogP contribution in [-0.4, -0.2) is 9.94 Å². The van der Waals surface area contributed by atoms with E-state index in [0.717, 1.165) is 17.5 Å². The van der Waals surface area contributed by atoms with Crippen molar-refractivity contribution in [1.82, 2.24) is 9.94 Å². The Morgan fingerprint density at radius 1 is 1.05 bits per heavy atom. The van der Waals surface area contributed by atoms with Gasteiger partial charge in [0.1, 0.15) is 5.52 Å². The quantitative estimate of drug-likeness (QED) is 0.736. The van der Waals surface area contributed by atoms with E-state index >= 15 is 0 Å². The van der Waals surface area contributed by atoms with E-state index in [0.29, 0.717) is 11.2 Å². The molecule has 21 heavy (non-hydrogen) atoms. The van der Waals surface area contributed by atoms with Gasteiger partial charge in [-0.15, -0.1) is 5.10 Å². The second kappa shape index (κ2) is 4.69. The first-order valence-corrected chi connectivity index (χ1v) is 6.03. The van der Waals surface area contributed by atoms with E-state index < -0.39 is 11.7 Å². The molecule has 0 amide bonds. The highest BCUT2D eigenvalue weighted by Gasteiger charge is 2.30. The summed E-state index contributed by atoms with van der Waals surface area (Å²) < 4.78 is 37.4. The average molecular weight is 293 g/mol. The Hall–Kier alpha value is -2.70. The number of anilines is 1. The second-order valence-electron chi connectivity index (χ2n) is 4.42. The molecule has 1 aromatic heterocycles. The van der Waals surface area contributed by atoms with Gasteiger partial charge in [-0.05, 0) is 30.3 Å². The first-order valence-electron chi connectivity index (χ1n) is 6.03. The van der Waals surface area contributed by atoms with Crippen molar-refractivity contribution in [2.24, 2.45) is 0 Å². The maximum Gasteiger partial charge on any atom is 0.416 e. The predicted octanol–water partition coefficient (Wildman–Crippen LogP) is 3.48. The van der Waals surface area contributed by atoms with Gasteiger partial charge in [-0.2, -0.15) is 13.2 Å². The molecule has 0 bridgehead atoms. The maximum absolute atomic E-state index is 12.5. The molecule has 1 heterocycles. The van der Waals surface area contributed by atoms with E-state index in [1.165, 1.54) is 17.0 Å². The molecule has 0 saturated heterocycles. The van der Waals surface area contributed by atoms with Crippen LogP contribution in [0.1, 0.15) is 5.56 Å². The largest absolute Gasteiger partial charge is 0.416 e. The Bertz CT molecular complexity index is 778. The standard InChI is InChI=1S/C14H10F3N3O/c15-14(16,17)10-4-6-11(7-5-10)21-20-13-9(8-19-20)2-1-3-12(13)18/h1-8H,18H2. The van der Waals surface area contributed by atoms with E-state index in [9.17, 15) is 13.2 Å². The number of hydrogen-bond donors (Lipinski definition) is 1. The Morgan fingerprint density at radius 3 is 2.43 bits per heavy atom. The van der Waals surface area contributed by atoms with Crippen molar-refractivity contribution in [1.29, 1.82) is 0 Å². The van der Waals surface area contributed by atoms with Gasteiger partial charge < -0.3 is 10.6 Å². The molecule has 108 valence electrons. The van der Waals surface area contributed by atoms with Crippen LogP contribution in [0, 0.1) is 0 Å². The summed E-state index contributed by atoms with van der Waals surface area (Å²) >= 11 is 0. The van der Waals surface area contributed by atoms with Gasteiger partial charge in [0.05, 0.1) is 17.4 Å². The fraction of sp³-hybridized carbons (Fsp3) is 0.0714. The van der Waals surface area contributed by atoms with Gasteiger partial charge in [-0.25, -0.2) is 0 Å². The highest BCUT2D eigenvalue weighted by Crippen LogP contribution is 2.30. The van der Waals surface area contributed by atoms with Crippen LogP contribution >= 0.6 is 0 Å². The third kappa shape index (κ3) is 2.49. The number of halogens is 3. The Morgan fingerprint density at radius 2 is 1.76 bits per heavy atom. The van der Waals surface area contributed by atoms with Crippen molar-refractivity contribution < 1.29 is 18.0 Å². The summed E-state index contributed by atoms with van der Waals surface area (Å²) in [5.74, 6) is 0.233. The lowest BCUT2D eigenvalue weighted by Gasteiger charge is -2.09. The van der Waals surface area contributed by atoms with Crippen molar-refractivity contribution in [3.8, 4) is 5.75 Å². The molecule has 0 aliphatic heterocycles. The summed E-state index contributed by atoms with van der Waals surface area (Å²) in [5, 5.41) is 4.79. The number of rotatable bonds is 2. The predicted molar refractivity (Wildman–Crippen MR) is 71.6 cm³/mol. The molecule has 2 N–H and O–H groups in total. The summed E-state index contributed by atoms with van der Waals surface area (Å²) in [7, 11) is 0. The molecule has 0 saturated carbocycles. The topological polar surface area (TPSA) is 53.1 Å². The van der Waals surface area contributed by atoms with Crippen molar-refractivity contribution in [2.75, 3.05) is 5.73 Å². The molecule has 0 unspecified atom stereocenters. The third-order valence-electron chi connectivity index (χ3n) is 2.96. The fourth-order valence-electron chi connectivity index (χ4n) is 1.95. The van der Waals surface area contributed by atoms with Crippen molar-refractivity contribution in [3.63, 3.8) is 0 Å². The molecule has 2 aromatic carbocycles. The summed E-state index contributed by atoms with van der Waals surface area (Å²) in [6.07, 6.45) is -2.81. The summed E-state index contributed by atoms with van der Waals surface area (Å²) in [4.78, 5) is 6.63. The maximum atomic E-state index is 12.5. The molecule has 0 fully saturated rings. The molecule has 7 heteroatoms. The smallest absolute Gasteiger partial charge is 0.397 e. The minimum atomic E-state index is -4.37. The lowest BCUT2D eigenvalue weighted by molar-refractivity contribution is -0.137. The molecule has 0 radical (unpaired) electrons. The zero-order valence-corrected chi connectivity index (χ0v) is 10.6. The zero-order valence-electron chi connectivity index (χ0n) is 10.6. The Labute approximate surface area is 117 Å². The van der Waals surface area contributed by atoms with Gasteiger partial charge >= 0.3 is 6.18 Å². The van der Waals surface area contributed by atoms with Gasteiger partial charge in [0.25, 0.3) is 0 Å². The normalized spacial score (nSPS) is 11.8. The van der Waals surface area contributed by atoms with E-state index in [-0.39, 0.29) is 5.75 Å². The van der Waals surface area contributed by atoms with E-state index in [1.54, 1.807) is 18.3 Å².